The molecule has 0 aliphatic heterocycles. The fourth-order valence-electron chi connectivity index (χ4n) is 2.03. The maximum absolute atomic E-state index is 12.3. The molecule has 1 rings (SSSR count). The predicted octanol–water partition coefficient (Wildman–Crippen LogP) is 1.88. The fraction of sp³-hybridized carbons (Fsp3) is 0.500. The summed E-state index contributed by atoms with van der Waals surface area (Å²) in [6.45, 7) is 4.58. The summed E-state index contributed by atoms with van der Waals surface area (Å²) >= 11 is 0. The lowest BCUT2D eigenvalue weighted by molar-refractivity contribution is 0.0933. The van der Waals surface area contributed by atoms with Gasteiger partial charge in [-0.3, -0.25) is 4.79 Å². The number of nitrogens with zero attached hydrogens (tertiary/aromatic N) is 1. The van der Waals surface area contributed by atoms with Crippen molar-refractivity contribution in [3.05, 3.63) is 29.8 Å². The number of hydrogen-bond donors (Lipinski definition) is 3. The van der Waals surface area contributed by atoms with Crippen molar-refractivity contribution in [2.24, 2.45) is 11.7 Å². The maximum atomic E-state index is 12.3. The number of benzene rings is 1. The molecule has 0 spiro atoms. The van der Waals surface area contributed by atoms with E-state index in [-0.39, 0.29) is 18.0 Å². The number of urea groups is 1. The first-order valence-electron chi connectivity index (χ1n) is 7.42. The minimum absolute atomic E-state index is 0.0486. The van der Waals surface area contributed by atoms with Crippen LogP contribution in [0, 0.1) is 5.92 Å². The van der Waals surface area contributed by atoms with Crippen molar-refractivity contribution < 1.29 is 9.59 Å². The van der Waals surface area contributed by atoms with Crippen LogP contribution in [0.3, 0.4) is 0 Å². The number of rotatable bonds is 6. The second-order valence-corrected chi connectivity index (χ2v) is 5.94. The predicted molar refractivity (Wildman–Crippen MR) is 88.9 cm³/mol. The molecule has 0 bridgehead atoms. The van der Waals surface area contributed by atoms with Gasteiger partial charge in [-0.15, -0.1) is 0 Å². The van der Waals surface area contributed by atoms with Crippen LogP contribution < -0.4 is 16.4 Å². The molecule has 6 nitrogen and oxygen atoms in total. The van der Waals surface area contributed by atoms with Gasteiger partial charge in [0.2, 0.25) is 0 Å². The standard InChI is InChI=1S/C16H26N4O2/c1-11(2)8-14(10-17)18-15(21)12-6-5-7-13(9-12)19-16(22)20(3)4/h5-7,9,11,14H,8,10,17H2,1-4H3,(H,18,21)(H,19,22). The van der Waals surface area contributed by atoms with Gasteiger partial charge in [0.15, 0.2) is 0 Å². The molecule has 0 aliphatic rings. The zero-order valence-electron chi connectivity index (χ0n) is 13.7. The summed E-state index contributed by atoms with van der Waals surface area (Å²) < 4.78 is 0. The van der Waals surface area contributed by atoms with Crippen LogP contribution in [0.5, 0.6) is 0 Å². The van der Waals surface area contributed by atoms with E-state index >= 15 is 0 Å². The first kappa shape index (κ1) is 18.0. The molecule has 1 unspecified atom stereocenters. The van der Waals surface area contributed by atoms with E-state index in [1.807, 2.05) is 0 Å². The van der Waals surface area contributed by atoms with Crippen molar-refractivity contribution in [3.8, 4) is 0 Å². The molecule has 6 heteroatoms. The van der Waals surface area contributed by atoms with Crippen LogP contribution in [0.4, 0.5) is 10.5 Å². The third-order valence-corrected chi connectivity index (χ3v) is 3.16. The maximum Gasteiger partial charge on any atom is 0.321 e. The van der Waals surface area contributed by atoms with E-state index in [0.29, 0.717) is 23.7 Å². The Hall–Kier alpha value is -2.08. The average Bonchev–Trinajstić information content (AvgIpc) is 2.46. The smallest absolute Gasteiger partial charge is 0.321 e. The van der Waals surface area contributed by atoms with E-state index in [2.05, 4.69) is 24.5 Å². The van der Waals surface area contributed by atoms with Gasteiger partial charge in [0.05, 0.1) is 0 Å². The van der Waals surface area contributed by atoms with Crippen LogP contribution in [0.2, 0.25) is 0 Å². The summed E-state index contributed by atoms with van der Waals surface area (Å²) in [5.41, 5.74) is 6.78. The highest BCUT2D eigenvalue weighted by atomic mass is 16.2. The first-order valence-corrected chi connectivity index (χ1v) is 7.42. The highest BCUT2D eigenvalue weighted by Crippen LogP contribution is 2.12. The SMILES string of the molecule is CC(C)CC(CN)NC(=O)c1cccc(NC(=O)N(C)C)c1. The minimum atomic E-state index is -0.239. The van der Waals surface area contributed by atoms with Crippen molar-refractivity contribution in [1.82, 2.24) is 10.2 Å². The van der Waals surface area contributed by atoms with Crippen molar-refractivity contribution >= 4 is 17.6 Å². The van der Waals surface area contributed by atoms with Gasteiger partial charge in [0.25, 0.3) is 5.91 Å². The lowest BCUT2D eigenvalue weighted by Crippen LogP contribution is -2.41. The Kier molecular flexibility index (Phi) is 6.85. The van der Waals surface area contributed by atoms with Crippen molar-refractivity contribution in [2.45, 2.75) is 26.3 Å². The molecule has 0 saturated carbocycles. The van der Waals surface area contributed by atoms with Crippen LogP contribution >= 0.6 is 0 Å². The summed E-state index contributed by atoms with van der Waals surface area (Å²) in [5.74, 6) is 0.275. The van der Waals surface area contributed by atoms with Crippen LogP contribution in [-0.2, 0) is 0 Å². The van der Waals surface area contributed by atoms with E-state index in [0.717, 1.165) is 6.42 Å². The molecule has 22 heavy (non-hydrogen) atoms. The summed E-state index contributed by atoms with van der Waals surface area (Å²) in [6.07, 6.45) is 0.833. The van der Waals surface area contributed by atoms with Crippen LogP contribution in [-0.4, -0.2) is 43.5 Å². The molecule has 0 saturated heterocycles. The fourth-order valence-corrected chi connectivity index (χ4v) is 2.03. The number of anilines is 1. The van der Waals surface area contributed by atoms with Crippen LogP contribution in [0.25, 0.3) is 0 Å². The molecule has 122 valence electrons. The molecule has 0 heterocycles. The van der Waals surface area contributed by atoms with E-state index in [1.165, 1.54) is 4.90 Å². The molecular formula is C16H26N4O2. The Morgan fingerprint density at radius 1 is 1.27 bits per heavy atom. The number of hydrogen-bond acceptors (Lipinski definition) is 3. The molecule has 0 aliphatic carbocycles. The van der Waals surface area contributed by atoms with E-state index in [4.69, 9.17) is 5.73 Å². The second-order valence-electron chi connectivity index (χ2n) is 5.94. The Bertz CT molecular complexity index is 515. The molecule has 1 atom stereocenters. The normalized spacial score (nSPS) is 11.9. The number of carbonyl (C=O) groups is 2. The van der Waals surface area contributed by atoms with Crippen molar-refractivity contribution in [1.29, 1.82) is 0 Å². The van der Waals surface area contributed by atoms with Crippen LogP contribution in [0.1, 0.15) is 30.6 Å². The van der Waals surface area contributed by atoms with Gasteiger partial charge in [-0.05, 0) is 30.5 Å². The third kappa shape index (κ3) is 5.73. The van der Waals surface area contributed by atoms with Gasteiger partial charge in [-0.2, -0.15) is 0 Å². The second kappa shape index (κ2) is 8.38. The number of nitrogens with one attached hydrogen (secondary N) is 2. The molecule has 0 radical (unpaired) electrons. The minimum Gasteiger partial charge on any atom is -0.348 e. The van der Waals surface area contributed by atoms with Crippen LogP contribution in [0.15, 0.2) is 24.3 Å². The van der Waals surface area contributed by atoms with Gasteiger partial charge in [-0.25, -0.2) is 4.79 Å². The van der Waals surface area contributed by atoms with E-state index in [1.54, 1.807) is 38.4 Å². The number of amides is 3. The van der Waals surface area contributed by atoms with Crippen molar-refractivity contribution in [2.75, 3.05) is 26.0 Å². The van der Waals surface area contributed by atoms with E-state index < -0.39 is 0 Å². The zero-order chi connectivity index (χ0) is 16.7. The summed E-state index contributed by atoms with van der Waals surface area (Å²) in [7, 11) is 3.31. The highest BCUT2D eigenvalue weighted by Gasteiger charge is 2.14. The largest absolute Gasteiger partial charge is 0.348 e. The van der Waals surface area contributed by atoms with Gasteiger partial charge < -0.3 is 21.3 Å². The molecule has 0 aromatic heterocycles. The summed E-state index contributed by atoms with van der Waals surface area (Å²) in [6, 6.07) is 6.56. The Balaban J connectivity index is 2.75. The summed E-state index contributed by atoms with van der Waals surface area (Å²) in [4.78, 5) is 25.3. The average molecular weight is 306 g/mol. The quantitative estimate of drug-likeness (QED) is 0.750. The highest BCUT2D eigenvalue weighted by molar-refractivity contribution is 5.97. The van der Waals surface area contributed by atoms with Crippen molar-refractivity contribution in [3.63, 3.8) is 0 Å². The topological polar surface area (TPSA) is 87.5 Å². The zero-order valence-corrected chi connectivity index (χ0v) is 13.7. The number of nitrogens with two attached hydrogens (primary N) is 1. The monoisotopic (exact) mass is 306 g/mol. The van der Waals surface area contributed by atoms with Gasteiger partial charge in [0, 0.05) is 37.9 Å². The van der Waals surface area contributed by atoms with Gasteiger partial charge >= 0.3 is 6.03 Å². The molecule has 4 N–H and O–H groups in total. The molecule has 3 amide bonds. The van der Waals surface area contributed by atoms with Gasteiger partial charge in [0.1, 0.15) is 0 Å². The first-order chi connectivity index (χ1) is 10.3. The Morgan fingerprint density at radius 2 is 1.95 bits per heavy atom. The van der Waals surface area contributed by atoms with Gasteiger partial charge in [-0.1, -0.05) is 19.9 Å². The Labute approximate surface area is 132 Å². The molecule has 0 fully saturated rings. The third-order valence-electron chi connectivity index (χ3n) is 3.16. The molecule has 1 aromatic rings. The molecule has 1 aromatic carbocycles. The van der Waals surface area contributed by atoms with E-state index in [9.17, 15) is 9.59 Å². The number of carbonyl (C=O) groups excluding carboxylic acids is 2. The summed E-state index contributed by atoms with van der Waals surface area (Å²) in [5, 5.41) is 5.65. The Morgan fingerprint density at radius 3 is 2.50 bits per heavy atom. The molecular weight excluding hydrogens is 280 g/mol. The lowest BCUT2D eigenvalue weighted by Gasteiger charge is -2.19. The lowest BCUT2D eigenvalue weighted by atomic mass is 10.0.